The van der Waals surface area contributed by atoms with Gasteiger partial charge in [0, 0.05) is 36.3 Å². The number of hydrogen-bond donors (Lipinski definition) is 4. The normalized spacial score (nSPS) is 27.9. The van der Waals surface area contributed by atoms with Gasteiger partial charge in [-0.05, 0) is 39.1 Å². The summed E-state index contributed by atoms with van der Waals surface area (Å²) in [5, 5.41) is 13.3. The summed E-state index contributed by atoms with van der Waals surface area (Å²) in [6.45, 7) is 8.28. The summed E-state index contributed by atoms with van der Waals surface area (Å²) >= 11 is 0. The summed E-state index contributed by atoms with van der Waals surface area (Å²) < 4.78 is 0. The summed E-state index contributed by atoms with van der Waals surface area (Å²) in [7, 11) is 7.73. The van der Waals surface area contributed by atoms with Crippen LogP contribution in [0.2, 0.25) is 0 Å². The first-order valence-electron chi connectivity index (χ1n) is 10.1. The van der Waals surface area contributed by atoms with Gasteiger partial charge in [0.2, 0.25) is 0 Å². The number of hydrogen-bond acceptors (Lipinski definition) is 5. The maximum Gasteiger partial charge on any atom is 0.148 e. The summed E-state index contributed by atoms with van der Waals surface area (Å²) in [6.07, 6.45) is 14.3. The minimum atomic E-state index is -0.609. The lowest BCUT2D eigenvalue weighted by Crippen LogP contribution is -2.65. The smallest absolute Gasteiger partial charge is 0.148 e. The highest BCUT2D eigenvalue weighted by atomic mass is 16.1. The predicted molar refractivity (Wildman–Crippen MR) is 118 cm³/mol. The fourth-order valence-corrected chi connectivity index (χ4v) is 4.76. The molecule has 0 spiro atoms. The average molecular weight is 387 g/mol. The van der Waals surface area contributed by atoms with E-state index in [-0.39, 0.29) is 5.78 Å². The third-order valence-electron chi connectivity index (χ3n) is 7.22. The molecule has 2 unspecified atom stereocenters. The number of allylic oxidation sites excluding steroid dienone is 2. The second-order valence-corrected chi connectivity index (χ2v) is 8.92. The molecule has 0 aromatic carbocycles. The van der Waals surface area contributed by atoms with Gasteiger partial charge in [0.15, 0.2) is 0 Å². The first-order valence-corrected chi connectivity index (χ1v) is 10.1. The topological polar surface area (TPSA) is 65.2 Å². The van der Waals surface area contributed by atoms with Crippen LogP contribution in [0.15, 0.2) is 47.9 Å². The minimum Gasteiger partial charge on any atom is -0.388 e. The van der Waals surface area contributed by atoms with E-state index in [9.17, 15) is 4.79 Å². The van der Waals surface area contributed by atoms with Gasteiger partial charge in [-0.2, -0.15) is 0 Å². The van der Waals surface area contributed by atoms with Crippen molar-refractivity contribution in [2.45, 2.75) is 51.6 Å². The highest BCUT2D eigenvalue weighted by Gasteiger charge is 2.57. The lowest BCUT2D eigenvalue weighted by Gasteiger charge is -2.52. The lowest BCUT2D eigenvalue weighted by atomic mass is 9.55. The van der Waals surface area contributed by atoms with Crippen molar-refractivity contribution in [2.75, 3.05) is 28.2 Å². The lowest BCUT2D eigenvalue weighted by molar-refractivity contribution is -0.142. The Balaban J connectivity index is 2.42. The van der Waals surface area contributed by atoms with Crippen LogP contribution in [0.5, 0.6) is 0 Å². The van der Waals surface area contributed by atoms with Crippen molar-refractivity contribution in [3.63, 3.8) is 0 Å². The highest BCUT2D eigenvalue weighted by Crippen LogP contribution is 2.48. The van der Waals surface area contributed by atoms with Crippen molar-refractivity contribution in [1.82, 2.24) is 21.3 Å². The Morgan fingerprint density at radius 1 is 0.786 bits per heavy atom. The average Bonchev–Trinajstić information content (AvgIpc) is 2.72. The molecule has 0 fully saturated rings. The van der Waals surface area contributed by atoms with Crippen molar-refractivity contribution in [2.24, 2.45) is 10.8 Å². The van der Waals surface area contributed by atoms with Crippen molar-refractivity contribution in [3.8, 4) is 0 Å². The standard InChI is InChI=1S/C23H38N4O/c1-20(2,22(26-7)13-9-17(24-5)10-14-22)19(28)21(3,4)23(27-8)15-11-18(25-6)12-16-23/h9-13,15,24-27H,14,16H2,1-8H3. The highest BCUT2D eigenvalue weighted by molar-refractivity contribution is 5.92. The molecule has 0 aromatic heterocycles. The molecule has 28 heavy (non-hydrogen) atoms. The maximum atomic E-state index is 14.1. The minimum absolute atomic E-state index is 0.237. The van der Waals surface area contributed by atoms with Crippen LogP contribution in [-0.4, -0.2) is 45.1 Å². The molecule has 0 saturated heterocycles. The van der Waals surface area contributed by atoms with Gasteiger partial charge in [-0.3, -0.25) is 4.79 Å². The Morgan fingerprint density at radius 3 is 1.36 bits per heavy atom. The molecule has 2 aliphatic rings. The van der Waals surface area contributed by atoms with Crippen molar-refractivity contribution in [3.05, 3.63) is 47.9 Å². The molecule has 0 aliphatic heterocycles. The van der Waals surface area contributed by atoms with Crippen molar-refractivity contribution < 1.29 is 4.79 Å². The quantitative estimate of drug-likeness (QED) is 0.517. The number of rotatable bonds is 8. The fourth-order valence-electron chi connectivity index (χ4n) is 4.76. The Hall–Kier alpha value is -1.85. The molecule has 156 valence electrons. The fraction of sp³-hybridized carbons (Fsp3) is 0.609. The van der Waals surface area contributed by atoms with Crippen LogP contribution in [-0.2, 0) is 4.79 Å². The molecule has 0 amide bonds. The monoisotopic (exact) mass is 386 g/mol. The number of carbonyl (C=O) groups is 1. The van der Waals surface area contributed by atoms with Gasteiger partial charge in [0.25, 0.3) is 0 Å². The number of Topliss-reactive ketones (excluding diaryl/α,β-unsaturated/α-hetero) is 1. The van der Waals surface area contributed by atoms with E-state index in [1.54, 1.807) is 0 Å². The Bertz CT molecular complexity index is 669. The van der Waals surface area contributed by atoms with Crippen LogP contribution in [0.3, 0.4) is 0 Å². The van der Waals surface area contributed by atoms with E-state index in [1.807, 2.05) is 28.2 Å². The number of likely N-dealkylation sites (N-methyl/N-ethyl adjacent to an activating group) is 4. The molecule has 2 atom stereocenters. The largest absolute Gasteiger partial charge is 0.388 e. The molecule has 5 nitrogen and oxygen atoms in total. The zero-order valence-corrected chi connectivity index (χ0v) is 18.8. The number of ketones is 1. The molecule has 4 N–H and O–H groups in total. The van der Waals surface area contributed by atoms with Gasteiger partial charge in [0.1, 0.15) is 5.78 Å². The van der Waals surface area contributed by atoms with Crippen LogP contribution in [0.25, 0.3) is 0 Å². The van der Waals surface area contributed by atoms with Gasteiger partial charge in [-0.15, -0.1) is 0 Å². The zero-order valence-electron chi connectivity index (χ0n) is 18.8. The van der Waals surface area contributed by atoms with Crippen LogP contribution in [0.4, 0.5) is 0 Å². The number of carbonyl (C=O) groups excluding carboxylic acids is 1. The van der Waals surface area contributed by atoms with Crippen LogP contribution >= 0.6 is 0 Å². The molecule has 0 aromatic rings. The molecule has 0 radical (unpaired) electrons. The van der Waals surface area contributed by atoms with E-state index in [1.165, 1.54) is 0 Å². The van der Waals surface area contributed by atoms with Gasteiger partial charge in [-0.1, -0.05) is 52.0 Å². The van der Waals surface area contributed by atoms with E-state index in [0.29, 0.717) is 0 Å². The van der Waals surface area contributed by atoms with E-state index in [0.717, 1.165) is 24.2 Å². The third-order valence-corrected chi connectivity index (χ3v) is 7.22. The molecule has 5 heteroatoms. The SMILES string of the molecule is CNC1=CCC(NC)(C(C)(C)C(=O)C(C)(C)C2(NC)C=CC(NC)=CC2)C=C1. The van der Waals surface area contributed by atoms with E-state index >= 15 is 0 Å². The van der Waals surface area contributed by atoms with Crippen LogP contribution in [0.1, 0.15) is 40.5 Å². The Labute approximate surface area is 170 Å². The van der Waals surface area contributed by atoms with Gasteiger partial charge in [0.05, 0.1) is 11.1 Å². The Kier molecular flexibility index (Phi) is 6.31. The van der Waals surface area contributed by atoms with Crippen LogP contribution < -0.4 is 21.3 Å². The Morgan fingerprint density at radius 2 is 1.14 bits per heavy atom. The van der Waals surface area contributed by atoms with E-state index in [4.69, 9.17) is 0 Å². The molecule has 0 bridgehead atoms. The predicted octanol–water partition coefficient (Wildman–Crippen LogP) is 2.65. The summed E-state index contributed by atoms with van der Waals surface area (Å²) in [5.41, 5.74) is 0.0897. The molecule has 2 rings (SSSR count). The van der Waals surface area contributed by atoms with E-state index in [2.05, 4.69) is 85.4 Å². The molecule has 0 heterocycles. The van der Waals surface area contributed by atoms with Gasteiger partial charge >= 0.3 is 0 Å². The van der Waals surface area contributed by atoms with Crippen molar-refractivity contribution >= 4 is 5.78 Å². The summed E-state index contributed by atoms with van der Waals surface area (Å²) in [4.78, 5) is 14.1. The third kappa shape index (κ3) is 3.35. The second kappa shape index (κ2) is 7.88. The first-order chi connectivity index (χ1) is 13.1. The zero-order chi connectivity index (χ0) is 21.2. The molecule has 0 saturated carbocycles. The first kappa shape index (κ1) is 22.4. The van der Waals surface area contributed by atoms with E-state index < -0.39 is 21.9 Å². The number of nitrogens with one attached hydrogen (secondary N) is 4. The summed E-state index contributed by atoms with van der Waals surface area (Å²) in [5.74, 6) is 0.237. The molecular weight excluding hydrogens is 348 g/mol. The van der Waals surface area contributed by atoms with Gasteiger partial charge in [-0.25, -0.2) is 0 Å². The van der Waals surface area contributed by atoms with Crippen LogP contribution in [0, 0.1) is 10.8 Å². The van der Waals surface area contributed by atoms with Gasteiger partial charge < -0.3 is 21.3 Å². The maximum absolute atomic E-state index is 14.1. The summed E-state index contributed by atoms with van der Waals surface area (Å²) in [6, 6.07) is 0. The second-order valence-electron chi connectivity index (χ2n) is 8.92. The molecular formula is C23H38N4O. The van der Waals surface area contributed by atoms with Crippen molar-refractivity contribution in [1.29, 1.82) is 0 Å². The molecule has 2 aliphatic carbocycles.